The molecule has 1 aliphatic rings. The van der Waals surface area contributed by atoms with Gasteiger partial charge in [0, 0.05) is 33.0 Å². The van der Waals surface area contributed by atoms with Crippen molar-refractivity contribution in [1.29, 1.82) is 0 Å². The first-order valence-electron chi connectivity index (χ1n) is 10.9. The number of carbonyl (C=O) groups is 1. The lowest BCUT2D eigenvalue weighted by Gasteiger charge is -2.09. The van der Waals surface area contributed by atoms with Crippen LogP contribution in [0.3, 0.4) is 0 Å². The van der Waals surface area contributed by atoms with Crippen molar-refractivity contribution >= 4 is 39.1 Å². The summed E-state index contributed by atoms with van der Waals surface area (Å²) in [6.45, 7) is 0.213. The molecule has 0 unspecified atom stereocenters. The molecule has 0 aliphatic carbocycles. The van der Waals surface area contributed by atoms with E-state index in [-0.39, 0.29) is 23.2 Å². The summed E-state index contributed by atoms with van der Waals surface area (Å²) in [5, 5.41) is 7.97. The first-order valence-corrected chi connectivity index (χ1v) is 13.3. The van der Waals surface area contributed by atoms with Crippen molar-refractivity contribution in [2.24, 2.45) is 10.1 Å². The zero-order valence-corrected chi connectivity index (χ0v) is 20.4. The van der Waals surface area contributed by atoms with E-state index in [4.69, 9.17) is 10.1 Å². The number of nitrogens with two attached hydrogens (primary N) is 1. The van der Waals surface area contributed by atoms with Crippen LogP contribution < -0.4 is 10.5 Å². The SMILES string of the molecule is NS(=O)(=O)c1ccc(CNC(=O)c2ccc3c(c2)N=C(c2ccc(F)cc2)c2ccccc2S3)cc1. The Morgan fingerprint density at radius 3 is 2.36 bits per heavy atom. The van der Waals surface area contributed by atoms with Crippen LogP contribution in [0.15, 0.2) is 111 Å². The Labute approximate surface area is 212 Å². The number of fused-ring (bicyclic) bond motifs is 2. The quantitative estimate of drug-likeness (QED) is 0.341. The average Bonchev–Trinajstić information content (AvgIpc) is 3.04. The minimum absolute atomic E-state index is 0.0108. The Kier molecular flexibility index (Phi) is 6.44. The van der Waals surface area contributed by atoms with E-state index in [0.29, 0.717) is 17.0 Å². The van der Waals surface area contributed by atoms with Gasteiger partial charge in [-0.3, -0.25) is 4.79 Å². The number of aliphatic imine (C=N–C) groups is 1. The Bertz CT molecular complexity index is 1600. The van der Waals surface area contributed by atoms with E-state index >= 15 is 0 Å². The summed E-state index contributed by atoms with van der Waals surface area (Å²) in [4.78, 5) is 19.7. The summed E-state index contributed by atoms with van der Waals surface area (Å²) in [7, 11) is -3.77. The van der Waals surface area contributed by atoms with Crippen molar-refractivity contribution in [2.75, 3.05) is 0 Å². The average molecular weight is 518 g/mol. The molecule has 1 heterocycles. The van der Waals surface area contributed by atoms with E-state index in [9.17, 15) is 17.6 Å². The number of sulfonamides is 1. The third-order valence-corrected chi connectivity index (χ3v) is 7.71. The lowest BCUT2D eigenvalue weighted by Crippen LogP contribution is -2.22. The molecule has 36 heavy (non-hydrogen) atoms. The fourth-order valence-corrected chi connectivity index (χ4v) is 5.31. The summed E-state index contributed by atoms with van der Waals surface area (Å²) >= 11 is 1.56. The lowest BCUT2D eigenvalue weighted by molar-refractivity contribution is 0.0951. The van der Waals surface area contributed by atoms with Gasteiger partial charge < -0.3 is 5.32 Å². The zero-order valence-electron chi connectivity index (χ0n) is 18.8. The maximum Gasteiger partial charge on any atom is 0.251 e. The van der Waals surface area contributed by atoms with Crippen LogP contribution in [0.1, 0.15) is 27.0 Å². The number of carbonyl (C=O) groups excluding carboxylic acids is 1. The van der Waals surface area contributed by atoms with Crippen LogP contribution in [0.2, 0.25) is 0 Å². The van der Waals surface area contributed by atoms with Gasteiger partial charge in [-0.25, -0.2) is 22.9 Å². The Morgan fingerprint density at radius 1 is 0.917 bits per heavy atom. The maximum atomic E-state index is 13.6. The van der Waals surface area contributed by atoms with Gasteiger partial charge in [0.1, 0.15) is 5.82 Å². The fourth-order valence-electron chi connectivity index (χ4n) is 3.79. The predicted octanol–water partition coefficient (Wildman–Crippen LogP) is 5.04. The van der Waals surface area contributed by atoms with E-state index in [2.05, 4.69) is 5.32 Å². The molecule has 0 saturated heterocycles. The number of hydrogen-bond donors (Lipinski definition) is 2. The molecule has 0 fully saturated rings. The molecule has 1 amide bonds. The minimum Gasteiger partial charge on any atom is -0.348 e. The normalized spacial score (nSPS) is 12.7. The second kappa shape index (κ2) is 9.69. The highest BCUT2D eigenvalue weighted by molar-refractivity contribution is 7.99. The first kappa shape index (κ1) is 23.9. The number of benzene rings is 4. The van der Waals surface area contributed by atoms with E-state index in [1.165, 1.54) is 24.3 Å². The largest absolute Gasteiger partial charge is 0.348 e. The first-order chi connectivity index (χ1) is 17.3. The molecule has 0 atom stereocenters. The van der Waals surface area contributed by atoms with Crippen molar-refractivity contribution in [1.82, 2.24) is 5.32 Å². The van der Waals surface area contributed by atoms with Crippen molar-refractivity contribution in [3.8, 4) is 0 Å². The molecule has 180 valence electrons. The Hall–Kier alpha value is -3.79. The van der Waals surface area contributed by atoms with Gasteiger partial charge in [0.25, 0.3) is 5.91 Å². The summed E-state index contributed by atoms with van der Waals surface area (Å²) in [6, 6.07) is 25.4. The van der Waals surface area contributed by atoms with Crippen molar-refractivity contribution in [3.63, 3.8) is 0 Å². The Morgan fingerprint density at radius 2 is 1.64 bits per heavy atom. The zero-order chi connectivity index (χ0) is 25.3. The summed E-state index contributed by atoms with van der Waals surface area (Å²) in [5.41, 5.74) is 4.20. The van der Waals surface area contributed by atoms with Gasteiger partial charge in [-0.15, -0.1) is 0 Å². The highest BCUT2D eigenvalue weighted by Crippen LogP contribution is 2.41. The van der Waals surface area contributed by atoms with Crippen LogP contribution in [0.4, 0.5) is 10.1 Å². The molecular formula is C27H20FN3O3S2. The number of nitrogens with zero attached hydrogens (tertiary/aromatic N) is 1. The van der Waals surface area contributed by atoms with E-state index < -0.39 is 10.0 Å². The molecule has 0 radical (unpaired) electrons. The van der Waals surface area contributed by atoms with Gasteiger partial charge in [0.2, 0.25) is 10.0 Å². The number of hydrogen-bond acceptors (Lipinski definition) is 5. The molecule has 0 saturated carbocycles. The Balaban J connectivity index is 1.43. The maximum absolute atomic E-state index is 13.6. The molecular weight excluding hydrogens is 497 g/mol. The topological polar surface area (TPSA) is 102 Å². The van der Waals surface area contributed by atoms with Crippen LogP contribution in [-0.2, 0) is 16.6 Å². The highest BCUT2D eigenvalue weighted by Gasteiger charge is 2.20. The van der Waals surface area contributed by atoms with Gasteiger partial charge in [-0.1, -0.05) is 42.1 Å². The van der Waals surface area contributed by atoms with Crippen LogP contribution in [0.5, 0.6) is 0 Å². The van der Waals surface area contributed by atoms with Gasteiger partial charge in [-0.2, -0.15) is 0 Å². The second-order valence-corrected chi connectivity index (χ2v) is 10.8. The number of nitrogens with one attached hydrogen (secondary N) is 1. The lowest BCUT2D eigenvalue weighted by atomic mass is 10.0. The van der Waals surface area contributed by atoms with E-state index in [1.807, 2.05) is 30.3 Å². The van der Waals surface area contributed by atoms with Gasteiger partial charge in [-0.05, 0) is 66.2 Å². The van der Waals surface area contributed by atoms with Crippen LogP contribution >= 0.6 is 11.8 Å². The third-order valence-electron chi connectivity index (χ3n) is 5.64. The highest BCUT2D eigenvalue weighted by atomic mass is 32.2. The molecule has 4 aromatic rings. The number of primary sulfonamides is 1. The van der Waals surface area contributed by atoms with Crippen molar-refractivity contribution in [2.45, 2.75) is 21.2 Å². The number of rotatable bonds is 5. The summed E-state index contributed by atoms with van der Waals surface area (Å²) in [5.74, 6) is -0.618. The van der Waals surface area contributed by atoms with Crippen LogP contribution in [0, 0.1) is 5.82 Å². The van der Waals surface area contributed by atoms with Crippen molar-refractivity contribution < 1.29 is 17.6 Å². The van der Waals surface area contributed by atoms with E-state index in [1.54, 1.807) is 48.2 Å². The van der Waals surface area contributed by atoms with E-state index in [0.717, 1.165) is 26.5 Å². The molecule has 5 rings (SSSR count). The fraction of sp³-hybridized carbons (Fsp3) is 0.0370. The molecule has 0 spiro atoms. The summed E-state index contributed by atoms with van der Waals surface area (Å²) < 4.78 is 36.4. The molecule has 6 nitrogen and oxygen atoms in total. The molecule has 4 aromatic carbocycles. The van der Waals surface area contributed by atoms with Crippen molar-refractivity contribution in [3.05, 3.63) is 119 Å². The van der Waals surface area contributed by atoms with Gasteiger partial charge in [0.15, 0.2) is 0 Å². The predicted molar refractivity (Wildman–Crippen MR) is 138 cm³/mol. The number of amides is 1. The molecule has 3 N–H and O–H groups in total. The molecule has 0 aromatic heterocycles. The van der Waals surface area contributed by atoms with Gasteiger partial charge in [0.05, 0.1) is 16.3 Å². The number of halogens is 1. The molecule has 0 bridgehead atoms. The smallest absolute Gasteiger partial charge is 0.251 e. The van der Waals surface area contributed by atoms with Gasteiger partial charge >= 0.3 is 0 Å². The molecule has 1 aliphatic heterocycles. The van der Waals surface area contributed by atoms with Crippen LogP contribution in [0.25, 0.3) is 0 Å². The monoisotopic (exact) mass is 517 g/mol. The second-order valence-electron chi connectivity index (χ2n) is 8.12. The standard InChI is InChI=1S/C27H20FN3O3S2/c28-20-10-7-18(8-11-20)26-22-3-1-2-4-24(22)35-25-14-9-19(15-23(25)31-26)27(32)30-16-17-5-12-21(13-6-17)36(29,33)34/h1-15H,16H2,(H,30,32)(H2,29,33,34). The van der Waals surface area contributed by atoms with Crippen LogP contribution in [-0.4, -0.2) is 20.0 Å². The molecule has 9 heteroatoms. The summed E-state index contributed by atoms with van der Waals surface area (Å²) in [6.07, 6.45) is 0. The minimum atomic E-state index is -3.77. The third kappa shape index (κ3) is 5.08.